The summed E-state index contributed by atoms with van der Waals surface area (Å²) < 4.78 is 6.06. The van der Waals surface area contributed by atoms with Crippen LogP contribution in [0.3, 0.4) is 0 Å². The van der Waals surface area contributed by atoms with Crippen molar-refractivity contribution in [1.82, 2.24) is 10.6 Å². The van der Waals surface area contributed by atoms with E-state index in [1.165, 1.54) is 11.1 Å². The number of aryl methyl sites for hydroxylation is 3. The minimum atomic E-state index is -0.193. The van der Waals surface area contributed by atoms with E-state index in [4.69, 9.17) is 4.74 Å². The number of hydrogen-bond acceptors (Lipinski definition) is 3. The summed E-state index contributed by atoms with van der Waals surface area (Å²) in [4.78, 5) is 13.1. The summed E-state index contributed by atoms with van der Waals surface area (Å²) in [6, 6.07) is 22.3. The van der Waals surface area contributed by atoms with Gasteiger partial charge in [0, 0.05) is 17.8 Å². The number of rotatable bonds is 8. The maximum absolute atomic E-state index is 13.1. The molecule has 4 nitrogen and oxygen atoms in total. The first-order valence-electron chi connectivity index (χ1n) is 12.1. The van der Waals surface area contributed by atoms with E-state index in [2.05, 4.69) is 73.9 Å². The molecule has 0 saturated carbocycles. The van der Waals surface area contributed by atoms with Crippen LogP contribution in [0.1, 0.15) is 46.3 Å². The summed E-state index contributed by atoms with van der Waals surface area (Å²) in [5.41, 5.74) is 8.86. The number of amides is 1. The highest BCUT2D eigenvalue weighted by molar-refractivity contribution is 5.79. The third-order valence-corrected chi connectivity index (χ3v) is 6.45. The Balaban J connectivity index is 1.46. The van der Waals surface area contributed by atoms with E-state index in [1.54, 1.807) is 0 Å². The van der Waals surface area contributed by atoms with Gasteiger partial charge in [0.15, 0.2) is 0 Å². The van der Waals surface area contributed by atoms with Gasteiger partial charge in [0.1, 0.15) is 12.4 Å². The van der Waals surface area contributed by atoms with Crippen molar-refractivity contribution in [2.45, 2.75) is 40.2 Å². The van der Waals surface area contributed by atoms with E-state index >= 15 is 0 Å². The lowest BCUT2D eigenvalue weighted by atomic mass is 9.93. The zero-order valence-electron chi connectivity index (χ0n) is 21.0. The van der Waals surface area contributed by atoms with E-state index in [0.29, 0.717) is 13.0 Å². The van der Waals surface area contributed by atoms with E-state index < -0.39 is 0 Å². The van der Waals surface area contributed by atoms with Crippen LogP contribution in [-0.4, -0.2) is 19.1 Å². The molecule has 0 aliphatic carbocycles. The molecule has 1 unspecified atom stereocenters. The largest absolute Gasteiger partial charge is 0.489 e. The Morgan fingerprint density at radius 1 is 0.971 bits per heavy atom. The summed E-state index contributed by atoms with van der Waals surface area (Å²) >= 11 is 0. The molecule has 0 spiro atoms. The van der Waals surface area contributed by atoms with Crippen molar-refractivity contribution in [1.29, 1.82) is 0 Å². The van der Waals surface area contributed by atoms with Crippen molar-refractivity contribution in [2.24, 2.45) is 0 Å². The Kier molecular flexibility index (Phi) is 7.71. The van der Waals surface area contributed by atoms with Gasteiger partial charge < -0.3 is 15.4 Å². The Hall–Kier alpha value is -3.79. The van der Waals surface area contributed by atoms with Crippen molar-refractivity contribution in [3.8, 4) is 5.75 Å². The van der Waals surface area contributed by atoms with Gasteiger partial charge in [0.2, 0.25) is 5.91 Å². The fraction of sp³-hybridized carbons (Fsp3) is 0.258. The Labute approximate surface area is 208 Å². The molecule has 35 heavy (non-hydrogen) atoms. The number of carbonyl (C=O) groups excluding carboxylic acids is 1. The summed E-state index contributed by atoms with van der Waals surface area (Å²) in [5.74, 6) is 0.831. The van der Waals surface area contributed by atoms with E-state index in [0.717, 1.165) is 45.8 Å². The first-order chi connectivity index (χ1) is 16.9. The molecule has 2 N–H and O–H groups in total. The van der Waals surface area contributed by atoms with Crippen LogP contribution in [-0.2, 0) is 11.2 Å². The first kappa shape index (κ1) is 24.3. The number of ether oxygens (including phenoxy) is 1. The van der Waals surface area contributed by atoms with Crippen LogP contribution in [0.2, 0.25) is 0 Å². The molecule has 1 aliphatic heterocycles. The lowest BCUT2D eigenvalue weighted by Crippen LogP contribution is -2.31. The van der Waals surface area contributed by atoms with Crippen molar-refractivity contribution in [3.05, 3.63) is 124 Å². The van der Waals surface area contributed by atoms with Crippen LogP contribution < -0.4 is 15.4 Å². The maximum atomic E-state index is 13.1. The fourth-order valence-corrected chi connectivity index (χ4v) is 4.48. The van der Waals surface area contributed by atoms with Gasteiger partial charge in [-0.15, -0.1) is 0 Å². The zero-order chi connectivity index (χ0) is 24.8. The fourth-order valence-electron chi connectivity index (χ4n) is 4.48. The molecule has 3 aromatic rings. The normalized spacial score (nSPS) is 13.8. The molecule has 0 aromatic heterocycles. The highest BCUT2D eigenvalue weighted by Gasteiger charge is 2.19. The Morgan fingerprint density at radius 3 is 2.49 bits per heavy atom. The number of benzene rings is 3. The van der Waals surface area contributed by atoms with Gasteiger partial charge >= 0.3 is 0 Å². The smallest absolute Gasteiger partial charge is 0.225 e. The van der Waals surface area contributed by atoms with Crippen LogP contribution in [0.25, 0.3) is 0 Å². The van der Waals surface area contributed by atoms with Crippen molar-refractivity contribution in [2.75, 3.05) is 13.2 Å². The third-order valence-electron chi connectivity index (χ3n) is 6.45. The lowest BCUT2D eigenvalue weighted by Gasteiger charge is -2.22. The second kappa shape index (κ2) is 11.1. The van der Waals surface area contributed by atoms with Gasteiger partial charge in [-0.2, -0.15) is 0 Å². The minimum Gasteiger partial charge on any atom is -0.489 e. The maximum Gasteiger partial charge on any atom is 0.225 e. The van der Waals surface area contributed by atoms with Crippen molar-refractivity contribution in [3.63, 3.8) is 0 Å². The summed E-state index contributed by atoms with van der Waals surface area (Å²) in [6.07, 6.45) is 4.52. The molecule has 180 valence electrons. The average molecular weight is 467 g/mol. The summed E-state index contributed by atoms with van der Waals surface area (Å²) in [6.45, 7) is 9.66. The second-order valence-electron chi connectivity index (χ2n) is 9.27. The second-order valence-corrected chi connectivity index (χ2v) is 9.27. The van der Waals surface area contributed by atoms with Crippen molar-refractivity contribution < 1.29 is 9.53 Å². The molecule has 1 atom stereocenters. The van der Waals surface area contributed by atoms with Crippen LogP contribution in [0.15, 0.2) is 90.2 Å². The van der Waals surface area contributed by atoms with Crippen LogP contribution in [0.4, 0.5) is 0 Å². The highest BCUT2D eigenvalue weighted by Crippen LogP contribution is 2.26. The summed E-state index contributed by atoms with van der Waals surface area (Å²) in [7, 11) is 0. The molecule has 3 aromatic carbocycles. The predicted octanol–water partition coefficient (Wildman–Crippen LogP) is 5.87. The zero-order valence-corrected chi connectivity index (χ0v) is 21.0. The van der Waals surface area contributed by atoms with E-state index in [-0.39, 0.29) is 11.9 Å². The first-order valence-corrected chi connectivity index (χ1v) is 12.1. The predicted molar refractivity (Wildman–Crippen MR) is 143 cm³/mol. The SMILES string of the molecule is CC1=C(COc2ccc(CC(=O)NC(c3ccccc3)c3ccc(C)cc3C)cc2C)C=CCN1. The standard InChI is InChI=1S/C31H34N2O2/c1-21-12-14-28(22(2)17-21)31(26-9-6-5-7-10-26)33-30(34)19-25-13-15-29(23(3)18-25)35-20-27-11-8-16-32-24(27)4/h5-15,17-18,31-32H,16,19-20H2,1-4H3,(H,33,34). The highest BCUT2D eigenvalue weighted by atomic mass is 16.5. The minimum absolute atomic E-state index is 0.00825. The molecular formula is C31H34N2O2. The quantitative estimate of drug-likeness (QED) is 0.436. The van der Waals surface area contributed by atoms with E-state index in [1.807, 2.05) is 43.3 Å². The Bertz CT molecular complexity index is 1260. The van der Waals surface area contributed by atoms with Gasteiger partial charge in [-0.25, -0.2) is 0 Å². The molecule has 0 bridgehead atoms. The number of allylic oxidation sites excluding steroid dienone is 1. The summed E-state index contributed by atoms with van der Waals surface area (Å²) in [5, 5.41) is 6.60. The van der Waals surface area contributed by atoms with Gasteiger partial charge in [-0.05, 0) is 61.6 Å². The third kappa shape index (κ3) is 6.21. The number of hydrogen-bond donors (Lipinski definition) is 2. The molecule has 4 heteroatoms. The molecule has 1 aliphatic rings. The van der Waals surface area contributed by atoms with Gasteiger partial charge in [-0.3, -0.25) is 4.79 Å². The number of nitrogens with one attached hydrogen (secondary N) is 2. The lowest BCUT2D eigenvalue weighted by molar-refractivity contribution is -0.120. The van der Waals surface area contributed by atoms with Crippen LogP contribution >= 0.6 is 0 Å². The molecule has 0 fully saturated rings. The number of dihydropyridines is 1. The Morgan fingerprint density at radius 2 is 1.77 bits per heavy atom. The average Bonchev–Trinajstić information content (AvgIpc) is 2.84. The van der Waals surface area contributed by atoms with Gasteiger partial charge in [-0.1, -0.05) is 78.4 Å². The van der Waals surface area contributed by atoms with Gasteiger partial charge in [0.05, 0.1) is 12.5 Å². The van der Waals surface area contributed by atoms with Crippen LogP contribution in [0, 0.1) is 20.8 Å². The van der Waals surface area contributed by atoms with Crippen molar-refractivity contribution >= 4 is 5.91 Å². The van der Waals surface area contributed by atoms with Gasteiger partial charge in [0.25, 0.3) is 0 Å². The molecular weight excluding hydrogens is 432 g/mol. The molecule has 1 amide bonds. The molecule has 0 radical (unpaired) electrons. The topological polar surface area (TPSA) is 50.4 Å². The molecule has 4 rings (SSSR count). The number of carbonyl (C=O) groups is 1. The monoisotopic (exact) mass is 466 g/mol. The van der Waals surface area contributed by atoms with E-state index in [9.17, 15) is 4.79 Å². The van der Waals surface area contributed by atoms with Crippen LogP contribution in [0.5, 0.6) is 5.75 Å². The molecule has 1 heterocycles. The molecule has 0 saturated heterocycles.